The summed E-state index contributed by atoms with van der Waals surface area (Å²) in [5.74, 6) is 0.301. The normalized spacial score (nSPS) is 37.0. The highest BCUT2D eigenvalue weighted by Crippen LogP contribution is 2.57. The average Bonchev–Trinajstić information content (AvgIpc) is 2.43. The summed E-state index contributed by atoms with van der Waals surface area (Å²) in [6.45, 7) is 1.52. The Balaban J connectivity index is 1.68. The molecule has 1 aromatic rings. The van der Waals surface area contributed by atoms with Crippen LogP contribution in [0.3, 0.4) is 0 Å². The van der Waals surface area contributed by atoms with Crippen molar-refractivity contribution in [2.75, 3.05) is 0 Å². The van der Waals surface area contributed by atoms with Crippen molar-refractivity contribution in [3.8, 4) is 0 Å². The summed E-state index contributed by atoms with van der Waals surface area (Å²) in [5.41, 5.74) is 0.227. The van der Waals surface area contributed by atoms with Crippen LogP contribution in [-0.4, -0.2) is 5.78 Å². The zero-order chi connectivity index (χ0) is 14.7. The number of halogens is 2. The third-order valence-electron chi connectivity index (χ3n) is 6.07. The van der Waals surface area contributed by atoms with Crippen LogP contribution < -0.4 is 0 Å². The minimum absolute atomic E-state index is 0.0319. The minimum Gasteiger partial charge on any atom is -0.294 e. The zero-order valence-electron chi connectivity index (χ0n) is 12.2. The van der Waals surface area contributed by atoms with Gasteiger partial charge in [-0.15, -0.1) is 0 Å². The Kier molecular flexibility index (Phi) is 2.95. The highest BCUT2D eigenvalue weighted by atomic mass is 19.2. The van der Waals surface area contributed by atoms with E-state index in [2.05, 4.69) is 0 Å². The van der Waals surface area contributed by atoms with Gasteiger partial charge in [0.2, 0.25) is 0 Å². The van der Waals surface area contributed by atoms with Crippen LogP contribution in [0.1, 0.15) is 48.0 Å². The summed E-state index contributed by atoms with van der Waals surface area (Å²) in [4.78, 5) is 12.8. The standard InChI is InChI=1S/C18H20F2O/c1-9-2-3-14(17(20)16(9)19)18(21)15-12-5-10-4-11(7-12)8-13(15)6-10/h2-3,10-13,15H,4-8H2,1H3. The van der Waals surface area contributed by atoms with Crippen molar-refractivity contribution >= 4 is 5.78 Å². The predicted octanol–water partition coefficient (Wildman–Crippen LogP) is 4.53. The van der Waals surface area contributed by atoms with Gasteiger partial charge in [0.15, 0.2) is 17.4 Å². The third-order valence-corrected chi connectivity index (χ3v) is 6.07. The molecule has 4 saturated carbocycles. The van der Waals surface area contributed by atoms with E-state index < -0.39 is 11.6 Å². The highest BCUT2D eigenvalue weighted by Gasteiger charge is 2.51. The number of carbonyl (C=O) groups excluding carboxylic acids is 1. The molecule has 0 saturated heterocycles. The third kappa shape index (κ3) is 1.96. The Labute approximate surface area is 123 Å². The molecule has 21 heavy (non-hydrogen) atoms. The molecule has 0 radical (unpaired) electrons. The lowest BCUT2D eigenvalue weighted by molar-refractivity contribution is -0.0252. The van der Waals surface area contributed by atoms with Crippen LogP contribution in [0.5, 0.6) is 0 Å². The molecule has 0 atom stereocenters. The largest absolute Gasteiger partial charge is 0.294 e. The molecule has 0 amide bonds. The predicted molar refractivity (Wildman–Crippen MR) is 76.0 cm³/mol. The van der Waals surface area contributed by atoms with Crippen molar-refractivity contribution in [1.82, 2.24) is 0 Å². The molecule has 0 aromatic heterocycles. The van der Waals surface area contributed by atoms with Crippen molar-refractivity contribution < 1.29 is 13.6 Å². The molecule has 1 nitrogen and oxygen atoms in total. The van der Waals surface area contributed by atoms with Crippen molar-refractivity contribution in [3.63, 3.8) is 0 Å². The van der Waals surface area contributed by atoms with Gasteiger partial charge >= 0.3 is 0 Å². The van der Waals surface area contributed by atoms with E-state index in [0.717, 1.165) is 37.5 Å². The van der Waals surface area contributed by atoms with Gasteiger partial charge in [-0.25, -0.2) is 8.78 Å². The number of rotatable bonds is 2. The number of Topliss-reactive ketones (excluding diaryl/α,β-unsaturated/α-hetero) is 1. The van der Waals surface area contributed by atoms with Gasteiger partial charge in [-0.2, -0.15) is 0 Å². The Bertz CT molecular complexity index is 579. The summed E-state index contributed by atoms with van der Waals surface area (Å²) in [6, 6.07) is 2.99. The van der Waals surface area contributed by atoms with Gasteiger partial charge in [0.25, 0.3) is 0 Å². The summed E-state index contributed by atoms with van der Waals surface area (Å²) in [6.07, 6.45) is 5.76. The summed E-state index contributed by atoms with van der Waals surface area (Å²) >= 11 is 0. The fourth-order valence-electron chi connectivity index (χ4n) is 5.37. The molecule has 3 heteroatoms. The molecule has 1 aromatic carbocycles. The monoisotopic (exact) mass is 290 g/mol. The van der Waals surface area contributed by atoms with Crippen LogP contribution >= 0.6 is 0 Å². The summed E-state index contributed by atoms with van der Waals surface area (Å²) in [5, 5.41) is 0. The van der Waals surface area contributed by atoms with E-state index in [1.54, 1.807) is 0 Å². The molecule has 4 aliphatic carbocycles. The van der Waals surface area contributed by atoms with Crippen molar-refractivity contribution in [3.05, 3.63) is 34.9 Å². The highest BCUT2D eigenvalue weighted by molar-refractivity contribution is 5.98. The van der Waals surface area contributed by atoms with E-state index in [-0.39, 0.29) is 22.8 Å². The molecule has 0 unspecified atom stereocenters. The SMILES string of the molecule is Cc1ccc(C(=O)C2C3CC4CC(C3)CC2C4)c(F)c1F. The molecule has 4 fully saturated rings. The smallest absolute Gasteiger partial charge is 0.169 e. The first-order chi connectivity index (χ1) is 10.0. The lowest BCUT2D eigenvalue weighted by atomic mass is 9.51. The Hall–Kier alpha value is -1.25. The average molecular weight is 290 g/mol. The van der Waals surface area contributed by atoms with Crippen LogP contribution in [0.15, 0.2) is 12.1 Å². The first kappa shape index (κ1) is 13.4. The van der Waals surface area contributed by atoms with E-state index in [0.29, 0.717) is 11.8 Å². The maximum atomic E-state index is 14.1. The number of aryl methyl sites for hydroxylation is 1. The topological polar surface area (TPSA) is 17.1 Å². The van der Waals surface area contributed by atoms with Gasteiger partial charge in [-0.05, 0) is 74.3 Å². The molecule has 4 aliphatic rings. The second-order valence-electron chi connectivity index (χ2n) is 7.38. The van der Waals surface area contributed by atoms with Crippen molar-refractivity contribution in [1.29, 1.82) is 0 Å². The fourth-order valence-corrected chi connectivity index (χ4v) is 5.37. The van der Waals surface area contributed by atoms with E-state index in [4.69, 9.17) is 0 Å². The molecular formula is C18H20F2O. The van der Waals surface area contributed by atoms with Crippen LogP contribution in [0.2, 0.25) is 0 Å². The maximum Gasteiger partial charge on any atom is 0.169 e. The minimum atomic E-state index is -0.950. The van der Waals surface area contributed by atoms with E-state index >= 15 is 0 Å². The first-order valence-corrected chi connectivity index (χ1v) is 8.03. The number of hydrogen-bond donors (Lipinski definition) is 0. The number of benzene rings is 1. The van der Waals surface area contributed by atoms with Crippen LogP contribution in [0, 0.1) is 48.1 Å². The molecule has 112 valence electrons. The summed E-state index contributed by atoms with van der Waals surface area (Å²) in [7, 11) is 0. The summed E-state index contributed by atoms with van der Waals surface area (Å²) < 4.78 is 27.9. The molecule has 5 rings (SSSR count). The van der Waals surface area contributed by atoms with Gasteiger partial charge in [0.05, 0.1) is 5.56 Å². The van der Waals surface area contributed by atoms with Gasteiger partial charge in [0.1, 0.15) is 0 Å². The van der Waals surface area contributed by atoms with Gasteiger partial charge in [0, 0.05) is 5.92 Å². The molecule has 0 spiro atoms. The van der Waals surface area contributed by atoms with Crippen molar-refractivity contribution in [2.45, 2.75) is 39.0 Å². The number of carbonyl (C=O) groups is 1. The van der Waals surface area contributed by atoms with Gasteiger partial charge in [-0.1, -0.05) is 6.07 Å². The lowest BCUT2D eigenvalue weighted by Crippen LogP contribution is -2.48. The van der Waals surface area contributed by atoms with Crippen molar-refractivity contribution in [2.24, 2.45) is 29.6 Å². The Morgan fingerprint density at radius 2 is 1.52 bits per heavy atom. The number of hydrogen-bond acceptors (Lipinski definition) is 1. The molecule has 0 heterocycles. The molecule has 0 N–H and O–H groups in total. The molecule has 4 bridgehead atoms. The molecule has 0 aliphatic heterocycles. The van der Waals surface area contributed by atoms with E-state index in [9.17, 15) is 13.6 Å². The van der Waals surface area contributed by atoms with Crippen LogP contribution in [-0.2, 0) is 0 Å². The van der Waals surface area contributed by atoms with Crippen LogP contribution in [0.4, 0.5) is 8.78 Å². The van der Waals surface area contributed by atoms with Crippen LogP contribution in [0.25, 0.3) is 0 Å². The van der Waals surface area contributed by atoms with E-state index in [1.165, 1.54) is 25.5 Å². The zero-order valence-corrected chi connectivity index (χ0v) is 12.2. The quantitative estimate of drug-likeness (QED) is 0.731. The Morgan fingerprint density at radius 1 is 0.952 bits per heavy atom. The Morgan fingerprint density at radius 3 is 2.10 bits per heavy atom. The molecular weight excluding hydrogens is 270 g/mol. The maximum absolute atomic E-state index is 14.1. The van der Waals surface area contributed by atoms with E-state index in [1.807, 2.05) is 0 Å². The van der Waals surface area contributed by atoms with Gasteiger partial charge < -0.3 is 0 Å². The number of ketones is 1. The first-order valence-electron chi connectivity index (χ1n) is 8.03. The second-order valence-corrected chi connectivity index (χ2v) is 7.38. The lowest BCUT2D eigenvalue weighted by Gasteiger charge is -2.53. The fraction of sp³-hybridized carbons (Fsp3) is 0.611. The van der Waals surface area contributed by atoms with Gasteiger partial charge in [-0.3, -0.25) is 4.79 Å². The second kappa shape index (κ2) is 4.62.